The van der Waals surface area contributed by atoms with E-state index in [1.54, 1.807) is 6.92 Å². The van der Waals surface area contributed by atoms with Gasteiger partial charge < -0.3 is 9.47 Å². The van der Waals surface area contributed by atoms with E-state index in [9.17, 15) is 9.59 Å². The van der Waals surface area contributed by atoms with Crippen LogP contribution < -0.4 is 5.32 Å². The van der Waals surface area contributed by atoms with Crippen molar-refractivity contribution in [3.8, 4) is 0 Å². The fraction of sp³-hybridized carbons (Fsp3) is 0.190. The van der Waals surface area contributed by atoms with Crippen molar-refractivity contribution in [1.29, 1.82) is 0 Å². The average Bonchev–Trinajstić information content (AvgIpc) is 2.73. The van der Waals surface area contributed by atoms with Gasteiger partial charge in [-0.25, -0.2) is 14.6 Å². The molecule has 0 aliphatic carbocycles. The summed E-state index contributed by atoms with van der Waals surface area (Å²) in [6.07, 6.45) is 0.329. The molecule has 144 valence electrons. The van der Waals surface area contributed by atoms with Crippen molar-refractivity contribution in [1.82, 2.24) is 5.32 Å². The van der Waals surface area contributed by atoms with Crippen molar-refractivity contribution < 1.29 is 19.1 Å². The van der Waals surface area contributed by atoms with Crippen LogP contribution in [-0.4, -0.2) is 24.7 Å². The van der Waals surface area contributed by atoms with Gasteiger partial charge in [0.2, 0.25) is 0 Å². The van der Waals surface area contributed by atoms with Gasteiger partial charge in [0.1, 0.15) is 12.3 Å². The lowest BCUT2D eigenvalue weighted by Crippen LogP contribution is -2.29. The lowest BCUT2D eigenvalue weighted by atomic mass is 10.2. The topological polar surface area (TPSA) is 89.4 Å². The Morgan fingerprint density at radius 3 is 2.29 bits per heavy atom. The molecular formula is C21H21N3O4. The number of amides is 1. The predicted molar refractivity (Wildman–Crippen MR) is 104 cm³/mol. The molecule has 0 spiro atoms. The van der Waals surface area contributed by atoms with E-state index < -0.39 is 12.1 Å². The van der Waals surface area contributed by atoms with Gasteiger partial charge in [-0.05, 0) is 18.1 Å². The summed E-state index contributed by atoms with van der Waals surface area (Å²) in [4.78, 5) is 31.7. The lowest BCUT2D eigenvalue weighted by molar-refractivity contribution is -0.138. The first-order valence-electron chi connectivity index (χ1n) is 8.69. The van der Waals surface area contributed by atoms with E-state index >= 15 is 0 Å². The Hall–Kier alpha value is -3.70. The number of aliphatic imine (C=N–C) groups is 2. The molecule has 0 bridgehead atoms. The Morgan fingerprint density at radius 2 is 1.64 bits per heavy atom. The number of benzene rings is 2. The van der Waals surface area contributed by atoms with Crippen LogP contribution in [0.4, 0.5) is 4.79 Å². The fourth-order valence-corrected chi connectivity index (χ4v) is 2.06. The third-order valence-corrected chi connectivity index (χ3v) is 3.37. The zero-order valence-corrected chi connectivity index (χ0v) is 15.5. The number of nitrogens with zero attached hydrogens (tertiary/aromatic N) is 2. The number of rotatable bonds is 8. The van der Waals surface area contributed by atoms with Crippen molar-refractivity contribution in [3.05, 3.63) is 83.7 Å². The number of hydrogen-bond donors (Lipinski definition) is 1. The molecule has 0 heterocycles. The highest BCUT2D eigenvalue weighted by molar-refractivity contribution is 5.92. The summed E-state index contributed by atoms with van der Waals surface area (Å²) in [5, 5.41) is 2.33. The number of hydrogen-bond acceptors (Lipinski definition) is 6. The predicted octanol–water partition coefficient (Wildman–Crippen LogP) is 3.69. The summed E-state index contributed by atoms with van der Waals surface area (Å²) < 4.78 is 9.99. The Kier molecular flexibility index (Phi) is 8.71. The van der Waals surface area contributed by atoms with E-state index in [1.807, 2.05) is 60.7 Å². The summed E-state index contributed by atoms with van der Waals surface area (Å²) in [5.74, 6) is -0.729. The highest BCUT2D eigenvalue weighted by Gasteiger charge is 2.15. The van der Waals surface area contributed by atoms with Gasteiger partial charge >= 0.3 is 12.1 Å². The van der Waals surface area contributed by atoms with Crippen molar-refractivity contribution in [2.24, 2.45) is 9.98 Å². The summed E-state index contributed by atoms with van der Waals surface area (Å²) in [6, 6.07) is 21.2. The first-order valence-corrected chi connectivity index (χ1v) is 8.69. The number of nitrogens with one attached hydrogen (secondary N) is 1. The van der Waals surface area contributed by atoms with Crippen molar-refractivity contribution in [2.75, 3.05) is 6.61 Å². The molecule has 7 heteroatoms. The van der Waals surface area contributed by atoms with Crippen LogP contribution in [0.5, 0.6) is 0 Å². The maximum absolute atomic E-state index is 12.0. The van der Waals surface area contributed by atoms with Gasteiger partial charge in [-0.15, -0.1) is 0 Å². The van der Waals surface area contributed by atoms with Crippen molar-refractivity contribution >= 4 is 18.1 Å². The molecule has 2 aromatic carbocycles. The smallest absolute Gasteiger partial charge is 0.412 e. The van der Waals surface area contributed by atoms with E-state index in [0.29, 0.717) is 6.54 Å². The van der Waals surface area contributed by atoms with Crippen LogP contribution >= 0.6 is 0 Å². The lowest BCUT2D eigenvalue weighted by Gasteiger charge is -2.09. The molecule has 1 N–H and O–H groups in total. The summed E-state index contributed by atoms with van der Waals surface area (Å²) in [6.45, 7) is 2.29. The molecule has 0 unspecified atom stereocenters. The van der Waals surface area contributed by atoms with E-state index in [0.717, 1.165) is 17.3 Å². The number of alkyl carbamates (subject to hydrolysis) is 1. The molecule has 2 rings (SSSR count). The maximum atomic E-state index is 12.0. The van der Waals surface area contributed by atoms with Crippen LogP contribution in [0.15, 0.2) is 82.5 Å². The van der Waals surface area contributed by atoms with Gasteiger partial charge in [0, 0.05) is 0 Å². The molecule has 0 aliphatic heterocycles. The molecule has 0 aromatic heterocycles. The average molecular weight is 379 g/mol. The van der Waals surface area contributed by atoms with Gasteiger partial charge in [0.15, 0.2) is 0 Å². The Bertz CT molecular complexity index is 858. The molecule has 0 fully saturated rings. The summed E-state index contributed by atoms with van der Waals surface area (Å²) >= 11 is 0. The van der Waals surface area contributed by atoms with Crippen LogP contribution in [0, 0.1) is 0 Å². The van der Waals surface area contributed by atoms with E-state index in [-0.39, 0.29) is 18.9 Å². The Morgan fingerprint density at radius 1 is 1.00 bits per heavy atom. The van der Waals surface area contributed by atoms with Crippen LogP contribution in [0.2, 0.25) is 0 Å². The van der Waals surface area contributed by atoms with Crippen LogP contribution in [0.25, 0.3) is 0 Å². The molecule has 0 radical (unpaired) electrons. The second-order valence-electron chi connectivity index (χ2n) is 5.48. The summed E-state index contributed by atoms with van der Waals surface area (Å²) in [7, 11) is 0. The normalized spacial score (nSPS) is 10.4. The third kappa shape index (κ3) is 7.68. The molecule has 7 nitrogen and oxygen atoms in total. The van der Waals surface area contributed by atoms with Gasteiger partial charge in [0.05, 0.1) is 25.4 Å². The zero-order chi connectivity index (χ0) is 20.0. The first kappa shape index (κ1) is 20.6. The maximum Gasteiger partial charge on any atom is 0.412 e. The minimum atomic E-state index is -0.792. The monoisotopic (exact) mass is 379 g/mol. The zero-order valence-electron chi connectivity index (χ0n) is 15.5. The Labute approximate surface area is 163 Å². The molecule has 0 atom stereocenters. The quantitative estimate of drug-likeness (QED) is 0.430. The molecule has 0 saturated carbocycles. The molecule has 2 aromatic rings. The fourth-order valence-electron chi connectivity index (χ4n) is 2.06. The standard InChI is InChI=1S/C21H21N3O4/c1-2-27-20(25)19(14-23-16-22-13-17-9-5-3-6-10-17)24-21(26)28-15-18-11-7-4-8-12-18/h3-12,14H,2,13,15H2,1H3,(H,24,26)/b19-14-. The number of esters is 1. The van der Waals surface area contributed by atoms with Gasteiger partial charge in [-0.1, -0.05) is 60.7 Å². The highest BCUT2D eigenvalue weighted by Crippen LogP contribution is 2.02. The van der Waals surface area contributed by atoms with E-state index in [2.05, 4.69) is 21.3 Å². The largest absolute Gasteiger partial charge is 0.461 e. The van der Waals surface area contributed by atoms with E-state index in [4.69, 9.17) is 9.47 Å². The number of carbonyl (C=O) groups excluding carboxylic acids is 2. The minimum absolute atomic E-state index is 0.0740. The minimum Gasteiger partial charge on any atom is -0.461 e. The van der Waals surface area contributed by atoms with Crippen molar-refractivity contribution in [3.63, 3.8) is 0 Å². The molecule has 28 heavy (non-hydrogen) atoms. The molecule has 0 aliphatic rings. The van der Waals surface area contributed by atoms with Gasteiger partial charge in [-0.3, -0.25) is 5.32 Å². The first-order chi connectivity index (χ1) is 13.7. The Balaban J connectivity index is 1.96. The second-order valence-corrected chi connectivity index (χ2v) is 5.48. The molecular weight excluding hydrogens is 358 g/mol. The van der Waals surface area contributed by atoms with Crippen LogP contribution in [0.3, 0.4) is 0 Å². The van der Waals surface area contributed by atoms with Crippen molar-refractivity contribution in [2.45, 2.75) is 20.1 Å². The van der Waals surface area contributed by atoms with E-state index in [1.165, 1.54) is 0 Å². The highest BCUT2D eigenvalue weighted by atomic mass is 16.6. The van der Waals surface area contributed by atoms with Crippen LogP contribution in [0.1, 0.15) is 18.1 Å². The SMILES string of the molecule is CCOC(=O)/C(=C/N=C=NCc1ccccc1)NC(=O)OCc1ccccc1. The number of carbonyl (C=O) groups is 2. The number of ether oxygens (including phenoxy) is 2. The third-order valence-electron chi connectivity index (χ3n) is 3.37. The van der Waals surface area contributed by atoms with Crippen LogP contribution in [-0.2, 0) is 27.4 Å². The van der Waals surface area contributed by atoms with Gasteiger partial charge in [0.25, 0.3) is 0 Å². The molecule has 1 amide bonds. The second kappa shape index (κ2) is 11.8. The summed E-state index contributed by atoms with van der Waals surface area (Å²) in [5.41, 5.74) is 1.66. The molecule has 0 saturated heterocycles. The van der Waals surface area contributed by atoms with Gasteiger partial charge in [-0.2, -0.15) is 4.99 Å².